The molecule has 0 aromatic heterocycles. The fourth-order valence-corrected chi connectivity index (χ4v) is 3.01. The first-order valence-electron chi connectivity index (χ1n) is 5.66. The molecule has 5 heteroatoms. The summed E-state index contributed by atoms with van der Waals surface area (Å²) in [5, 5.41) is 0. The van der Waals surface area contributed by atoms with Gasteiger partial charge in [0, 0.05) is 5.69 Å². The quantitative estimate of drug-likeness (QED) is 0.878. The van der Waals surface area contributed by atoms with Gasteiger partial charge in [-0.25, -0.2) is 8.78 Å². The lowest BCUT2D eigenvalue weighted by Crippen LogP contribution is -2.03. The number of hydrogen-bond acceptors (Lipinski definition) is 2. The van der Waals surface area contributed by atoms with Crippen molar-refractivity contribution in [1.29, 1.82) is 0 Å². The lowest BCUT2D eigenvalue weighted by Gasteiger charge is -2.09. The highest BCUT2D eigenvalue weighted by Crippen LogP contribution is 2.21. The molecule has 2 aromatic carbocycles. The van der Waals surface area contributed by atoms with E-state index in [1.54, 1.807) is 18.2 Å². The summed E-state index contributed by atoms with van der Waals surface area (Å²) >= 11 is 0. The molecule has 1 unspecified atom stereocenters. The van der Waals surface area contributed by atoms with Crippen LogP contribution in [0.15, 0.2) is 41.3 Å². The summed E-state index contributed by atoms with van der Waals surface area (Å²) in [6, 6.07) is 8.21. The van der Waals surface area contributed by atoms with Crippen LogP contribution < -0.4 is 5.73 Å². The number of anilines is 1. The molecule has 0 aliphatic carbocycles. The summed E-state index contributed by atoms with van der Waals surface area (Å²) in [4.78, 5) is -0.123. The van der Waals surface area contributed by atoms with Gasteiger partial charge in [0.25, 0.3) is 0 Å². The Bertz CT molecular complexity index is 643. The molecular formula is C14H13F2NOS. The van der Waals surface area contributed by atoms with Crippen LogP contribution in [0.5, 0.6) is 0 Å². The lowest BCUT2D eigenvalue weighted by molar-refractivity contribution is 0.572. The Morgan fingerprint density at radius 1 is 1.21 bits per heavy atom. The number of benzene rings is 2. The van der Waals surface area contributed by atoms with E-state index in [-0.39, 0.29) is 10.6 Å². The Kier molecular flexibility index (Phi) is 3.95. The first-order chi connectivity index (χ1) is 8.99. The minimum atomic E-state index is -1.65. The van der Waals surface area contributed by atoms with E-state index in [4.69, 9.17) is 5.73 Å². The van der Waals surface area contributed by atoms with Crippen LogP contribution in [0.1, 0.15) is 11.1 Å². The molecule has 0 bridgehead atoms. The van der Waals surface area contributed by atoms with E-state index in [0.717, 1.165) is 29.3 Å². The Morgan fingerprint density at radius 2 is 1.95 bits per heavy atom. The zero-order valence-electron chi connectivity index (χ0n) is 10.3. The molecule has 0 aliphatic rings. The van der Waals surface area contributed by atoms with Crippen molar-refractivity contribution in [2.24, 2.45) is 0 Å². The van der Waals surface area contributed by atoms with E-state index in [9.17, 15) is 13.0 Å². The predicted molar refractivity (Wildman–Crippen MR) is 72.1 cm³/mol. The van der Waals surface area contributed by atoms with E-state index in [1.165, 1.54) is 0 Å². The zero-order chi connectivity index (χ0) is 14.0. The second-order valence-corrected chi connectivity index (χ2v) is 5.62. The van der Waals surface area contributed by atoms with Gasteiger partial charge < -0.3 is 5.73 Å². The fraction of sp³-hybridized carbons (Fsp3) is 0.143. The lowest BCUT2D eigenvalue weighted by atomic mass is 10.1. The molecule has 100 valence electrons. The molecule has 2 nitrogen and oxygen atoms in total. The third-order valence-electron chi connectivity index (χ3n) is 2.91. The molecule has 2 aromatic rings. The molecule has 2 N–H and O–H groups in total. The van der Waals surface area contributed by atoms with E-state index >= 15 is 0 Å². The molecule has 0 amide bonds. The van der Waals surface area contributed by atoms with E-state index in [0.29, 0.717) is 5.69 Å². The third-order valence-corrected chi connectivity index (χ3v) is 4.29. The minimum absolute atomic E-state index is 0.108. The van der Waals surface area contributed by atoms with Crippen molar-refractivity contribution >= 4 is 16.5 Å². The summed E-state index contributed by atoms with van der Waals surface area (Å²) in [7, 11) is -1.65. The van der Waals surface area contributed by atoms with E-state index in [1.807, 2.05) is 6.92 Å². The van der Waals surface area contributed by atoms with Crippen molar-refractivity contribution in [3.63, 3.8) is 0 Å². The average molecular weight is 281 g/mol. The highest BCUT2D eigenvalue weighted by Gasteiger charge is 2.13. The highest BCUT2D eigenvalue weighted by molar-refractivity contribution is 7.84. The minimum Gasteiger partial charge on any atom is -0.399 e. The van der Waals surface area contributed by atoms with Gasteiger partial charge in [-0.1, -0.05) is 12.1 Å². The van der Waals surface area contributed by atoms with Crippen molar-refractivity contribution < 1.29 is 13.0 Å². The molecule has 0 fully saturated rings. The standard InChI is InChI=1S/C14H13F2NOS/c1-9-10(3-2-4-13(9)17)8-19(18)14-7-11(15)5-6-12(14)16/h2-7H,8,17H2,1H3. The topological polar surface area (TPSA) is 43.1 Å². The van der Waals surface area contributed by atoms with Gasteiger partial charge in [0.2, 0.25) is 0 Å². The SMILES string of the molecule is Cc1c(N)cccc1CS(=O)c1cc(F)ccc1F. The monoisotopic (exact) mass is 281 g/mol. The van der Waals surface area contributed by atoms with Gasteiger partial charge >= 0.3 is 0 Å². The number of nitrogen functional groups attached to an aromatic ring is 1. The Morgan fingerprint density at radius 3 is 2.68 bits per heavy atom. The van der Waals surface area contributed by atoms with Crippen LogP contribution in [0.4, 0.5) is 14.5 Å². The zero-order valence-corrected chi connectivity index (χ0v) is 11.1. The molecule has 0 spiro atoms. The van der Waals surface area contributed by atoms with Gasteiger partial charge in [0.1, 0.15) is 11.6 Å². The number of halogens is 2. The van der Waals surface area contributed by atoms with Crippen LogP contribution in [0, 0.1) is 18.6 Å². The predicted octanol–water partition coefficient (Wildman–Crippen LogP) is 3.16. The van der Waals surface area contributed by atoms with Crippen molar-refractivity contribution in [3.05, 3.63) is 59.2 Å². The fourth-order valence-electron chi connectivity index (χ4n) is 1.73. The highest BCUT2D eigenvalue weighted by atomic mass is 32.2. The second kappa shape index (κ2) is 5.48. The smallest absolute Gasteiger partial charge is 0.139 e. The number of nitrogens with two attached hydrogens (primary N) is 1. The maximum Gasteiger partial charge on any atom is 0.139 e. The molecule has 0 saturated carbocycles. The van der Waals surface area contributed by atoms with Gasteiger partial charge in [0.05, 0.1) is 21.4 Å². The van der Waals surface area contributed by atoms with Crippen molar-refractivity contribution in [2.75, 3.05) is 5.73 Å². The maximum atomic E-state index is 13.5. The summed E-state index contributed by atoms with van der Waals surface area (Å²) < 4.78 is 38.7. The molecule has 0 aliphatic heterocycles. The summed E-state index contributed by atoms with van der Waals surface area (Å²) in [6.45, 7) is 1.81. The first-order valence-corrected chi connectivity index (χ1v) is 6.98. The molecule has 1 atom stereocenters. The van der Waals surface area contributed by atoms with Crippen LogP contribution in [0.3, 0.4) is 0 Å². The van der Waals surface area contributed by atoms with Gasteiger partial charge in [-0.15, -0.1) is 0 Å². The van der Waals surface area contributed by atoms with Crippen LogP contribution in [-0.2, 0) is 16.6 Å². The summed E-state index contributed by atoms with van der Waals surface area (Å²) in [5.74, 6) is -1.16. The second-order valence-electron chi connectivity index (χ2n) is 4.20. The largest absolute Gasteiger partial charge is 0.399 e. The normalized spacial score (nSPS) is 12.4. The Balaban J connectivity index is 2.31. The molecule has 0 radical (unpaired) electrons. The Labute approximate surface area is 112 Å². The summed E-state index contributed by atoms with van der Waals surface area (Å²) in [5.41, 5.74) is 7.93. The van der Waals surface area contributed by atoms with E-state index < -0.39 is 22.4 Å². The van der Waals surface area contributed by atoms with Crippen LogP contribution >= 0.6 is 0 Å². The maximum absolute atomic E-state index is 13.5. The molecule has 19 heavy (non-hydrogen) atoms. The van der Waals surface area contributed by atoms with Crippen LogP contribution in [0.2, 0.25) is 0 Å². The average Bonchev–Trinajstić information content (AvgIpc) is 2.38. The van der Waals surface area contributed by atoms with Gasteiger partial charge in [-0.2, -0.15) is 0 Å². The van der Waals surface area contributed by atoms with Crippen LogP contribution in [-0.4, -0.2) is 4.21 Å². The van der Waals surface area contributed by atoms with Gasteiger partial charge in [0.15, 0.2) is 0 Å². The van der Waals surface area contributed by atoms with E-state index in [2.05, 4.69) is 0 Å². The van der Waals surface area contributed by atoms with Gasteiger partial charge in [-0.3, -0.25) is 4.21 Å². The van der Waals surface area contributed by atoms with Crippen molar-refractivity contribution in [1.82, 2.24) is 0 Å². The van der Waals surface area contributed by atoms with Crippen molar-refractivity contribution in [3.8, 4) is 0 Å². The molecular weight excluding hydrogens is 268 g/mol. The molecule has 0 heterocycles. The first kappa shape index (κ1) is 13.7. The third kappa shape index (κ3) is 2.98. The Hall–Kier alpha value is -1.75. The van der Waals surface area contributed by atoms with Gasteiger partial charge in [-0.05, 0) is 42.3 Å². The number of hydrogen-bond donors (Lipinski definition) is 1. The molecule has 0 saturated heterocycles. The molecule has 2 rings (SSSR count). The summed E-state index contributed by atoms with van der Waals surface area (Å²) in [6.07, 6.45) is 0. The van der Waals surface area contributed by atoms with Crippen LogP contribution in [0.25, 0.3) is 0 Å². The van der Waals surface area contributed by atoms with Crippen molar-refractivity contribution in [2.45, 2.75) is 17.6 Å². The number of rotatable bonds is 3.